The summed E-state index contributed by atoms with van der Waals surface area (Å²) < 4.78 is 17.5. The van der Waals surface area contributed by atoms with Crippen molar-refractivity contribution in [2.75, 3.05) is 41.0 Å². The third-order valence-corrected chi connectivity index (χ3v) is 7.27. The molecule has 2 atom stereocenters. The van der Waals surface area contributed by atoms with Gasteiger partial charge in [-0.2, -0.15) is 0 Å². The van der Waals surface area contributed by atoms with Crippen molar-refractivity contribution in [3.63, 3.8) is 0 Å². The van der Waals surface area contributed by atoms with Gasteiger partial charge in [0.1, 0.15) is 11.7 Å². The molecule has 9 nitrogen and oxygen atoms in total. The van der Waals surface area contributed by atoms with Crippen molar-refractivity contribution in [3.05, 3.63) is 47.8 Å². The molecule has 0 aliphatic carbocycles. The molecule has 1 aromatic heterocycles. The molecule has 200 valence electrons. The SMILES string of the molecule is COc1cc(CN(C(=O)c2ccccn2)[C@H]2CCCCNC2=O)cc(OC)c1OCCC1CCCN1C. The van der Waals surface area contributed by atoms with Gasteiger partial charge in [-0.05, 0) is 81.9 Å². The second-order valence-corrected chi connectivity index (χ2v) is 9.69. The van der Waals surface area contributed by atoms with Crippen molar-refractivity contribution in [3.8, 4) is 17.2 Å². The van der Waals surface area contributed by atoms with Gasteiger partial charge < -0.3 is 29.3 Å². The third-order valence-electron chi connectivity index (χ3n) is 7.27. The Hall–Kier alpha value is -3.33. The number of carbonyl (C=O) groups excluding carboxylic acids is 2. The molecule has 4 rings (SSSR count). The van der Waals surface area contributed by atoms with Crippen molar-refractivity contribution in [2.45, 2.75) is 57.2 Å². The number of aromatic nitrogens is 1. The molecule has 2 aliphatic heterocycles. The van der Waals surface area contributed by atoms with Crippen LogP contribution in [0, 0.1) is 0 Å². The lowest BCUT2D eigenvalue weighted by molar-refractivity contribution is -0.125. The van der Waals surface area contributed by atoms with Gasteiger partial charge in [0.05, 0.1) is 20.8 Å². The second kappa shape index (κ2) is 12.8. The first-order chi connectivity index (χ1) is 18.0. The van der Waals surface area contributed by atoms with Gasteiger partial charge in [0.15, 0.2) is 11.5 Å². The second-order valence-electron chi connectivity index (χ2n) is 9.69. The fraction of sp³-hybridized carbons (Fsp3) is 0.536. The first kappa shape index (κ1) is 26.7. The topological polar surface area (TPSA) is 93.2 Å². The van der Waals surface area contributed by atoms with E-state index in [9.17, 15) is 9.59 Å². The maximum absolute atomic E-state index is 13.6. The number of hydrogen-bond donors (Lipinski definition) is 1. The Morgan fingerprint density at radius 3 is 2.57 bits per heavy atom. The van der Waals surface area contributed by atoms with Gasteiger partial charge in [-0.25, -0.2) is 0 Å². The first-order valence-corrected chi connectivity index (χ1v) is 13.1. The highest BCUT2D eigenvalue weighted by Crippen LogP contribution is 2.39. The van der Waals surface area contributed by atoms with Crippen LogP contribution in [0.5, 0.6) is 17.2 Å². The molecular formula is C28H38N4O5. The first-order valence-electron chi connectivity index (χ1n) is 13.1. The van der Waals surface area contributed by atoms with Gasteiger partial charge in [-0.1, -0.05) is 6.07 Å². The molecule has 2 fully saturated rings. The molecule has 2 amide bonds. The van der Waals surface area contributed by atoms with Crippen LogP contribution in [-0.2, 0) is 11.3 Å². The van der Waals surface area contributed by atoms with E-state index >= 15 is 0 Å². The van der Waals surface area contributed by atoms with Gasteiger partial charge >= 0.3 is 0 Å². The molecule has 0 bridgehead atoms. The number of likely N-dealkylation sites (tertiary alicyclic amines) is 1. The van der Waals surface area contributed by atoms with Crippen LogP contribution in [0.4, 0.5) is 0 Å². The molecule has 1 aromatic carbocycles. The standard InChI is InChI=1S/C28H38N4O5/c1-31-15-8-9-21(31)12-16-37-26-24(35-2)17-20(18-25(26)36-3)19-32(23-11-5-7-14-30-27(23)33)28(34)22-10-4-6-13-29-22/h4,6,10,13,17-18,21,23H,5,7-9,11-12,14-16,19H2,1-3H3,(H,30,33)/t21?,23-/m0/s1. The monoisotopic (exact) mass is 510 g/mol. The lowest BCUT2D eigenvalue weighted by Gasteiger charge is -2.30. The Morgan fingerprint density at radius 1 is 1.14 bits per heavy atom. The molecule has 2 saturated heterocycles. The predicted molar refractivity (Wildman–Crippen MR) is 140 cm³/mol. The van der Waals surface area contributed by atoms with Gasteiger partial charge in [-0.3, -0.25) is 14.6 Å². The predicted octanol–water partition coefficient (Wildman–Crippen LogP) is 3.27. The summed E-state index contributed by atoms with van der Waals surface area (Å²) in [5, 5.41) is 2.94. The van der Waals surface area contributed by atoms with E-state index in [1.807, 2.05) is 12.1 Å². The zero-order valence-corrected chi connectivity index (χ0v) is 22.1. The van der Waals surface area contributed by atoms with Crippen molar-refractivity contribution in [1.82, 2.24) is 20.1 Å². The van der Waals surface area contributed by atoms with Crippen molar-refractivity contribution in [2.24, 2.45) is 0 Å². The quantitative estimate of drug-likeness (QED) is 0.524. The van der Waals surface area contributed by atoms with E-state index in [0.717, 1.165) is 31.4 Å². The van der Waals surface area contributed by atoms with Crippen LogP contribution < -0.4 is 19.5 Å². The maximum Gasteiger partial charge on any atom is 0.273 e. The number of hydrogen-bond acceptors (Lipinski definition) is 7. The number of amides is 2. The summed E-state index contributed by atoms with van der Waals surface area (Å²) in [5.41, 5.74) is 1.08. The van der Waals surface area contributed by atoms with Crippen molar-refractivity contribution < 1.29 is 23.8 Å². The fourth-order valence-corrected chi connectivity index (χ4v) is 5.19. The van der Waals surface area contributed by atoms with Crippen LogP contribution >= 0.6 is 0 Å². The molecule has 0 saturated carbocycles. The number of ether oxygens (including phenoxy) is 3. The highest BCUT2D eigenvalue weighted by molar-refractivity contribution is 5.96. The number of nitrogens with zero attached hydrogens (tertiary/aromatic N) is 3. The number of methoxy groups -OCH3 is 2. The summed E-state index contributed by atoms with van der Waals surface area (Å²) in [6.45, 7) is 2.49. The van der Waals surface area contributed by atoms with Crippen LogP contribution in [0.2, 0.25) is 0 Å². The third kappa shape index (κ3) is 6.52. The highest BCUT2D eigenvalue weighted by Gasteiger charge is 2.32. The Bertz CT molecular complexity index is 1040. The molecule has 2 aliphatic rings. The van der Waals surface area contributed by atoms with E-state index in [4.69, 9.17) is 14.2 Å². The molecule has 0 spiro atoms. The van der Waals surface area contributed by atoms with Crippen LogP contribution in [0.25, 0.3) is 0 Å². The Balaban J connectivity index is 1.58. The summed E-state index contributed by atoms with van der Waals surface area (Å²) in [6.07, 6.45) is 7.24. The number of carbonyl (C=O) groups is 2. The van der Waals surface area contributed by atoms with Crippen LogP contribution in [0.1, 0.15) is 54.6 Å². The molecule has 2 aromatic rings. The zero-order valence-electron chi connectivity index (χ0n) is 22.1. The average Bonchev–Trinajstić information content (AvgIpc) is 3.21. The summed E-state index contributed by atoms with van der Waals surface area (Å²) in [4.78, 5) is 34.7. The highest BCUT2D eigenvalue weighted by atomic mass is 16.5. The minimum Gasteiger partial charge on any atom is -0.493 e. The van der Waals surface area contributed by atoms with E-state index in [1.165, 1.54) is 12.8 Å². The molecule has 1 N–H and O–H groups in total. The van der Waals surface area contributed by atoms with E-state index in [0.29, 0.717) is 48.6 Å². The van der Waals surface area contributed by atoms with Gasteiger partial charge in [0.2, 0.25) is 11.7 Å². The zero-order chi connectivity index (χ0) is 26.2. The molecule has 37 heavy (non-hydrogen) atoms. The van der Waals surface area contributed by atoms with E-state index in [1.54, 1.807) is 43.5 Å². The number of rotatable bonds is 10. The molecule has 1 unspecified atom stereocenters. The summed E-state index contributed by atoms with van der Waals surface area (Å²) in [5.74, 6) is 1.18. The van der Waals surface area contributed by atoms with Gasteiger partial charge in [-0.15, -0.1) is 0 Å². The maximum atomic E-state index is 13.6. The molecular weight excluding hydrogens is 472 g/mol. The average molecular weight is 511 g/mol. The molecule has 9 heteroatoms. The Labute approximate surface area is 219 Å². The fourth-order valence-electron chi connectivity index (χ4n) is 5.19. The lowest BCUT2D eigenvalue weighted by Crippen LogP contribution is -2.48. The minimum absolute atomic E-state index is 0.141. The van der Waals surface area contributed by atoms with E-state index in [-0.39, 0.29) is 18.4 Å². The minimum atomic E-state index is -0.590. The van der Waals surface area contributed by atoms with Gasteiger partial charge in [0.25, 0.3) is 5.91 Å². The summed E-state index contributed by atoms with van der Waals surface area (Å²) >= 11 is 0. The summed E-state index contributed by atoms with van der Waals surface area (Å²) in [6, 6.07) is 8.84. The molecule has 0 radical (unpaired) electrons. The van der Waals surface area contributed by atoms with Gasteiger partial charge in [0, 0.05) is 25.3 Å². The van der Waals surface area contributed by atoms with E-state index < -0.39 is 6.04 Å². The largest absolute Gasteiger partial charge is 0.493 e. The molecule has 3 heterocycles. The van der Waals surface area contributed by atoms with Crippen LogP contribution in [0.3, 0.4) is 0 Å². The number of benzene rings is 1. The number of pyridine rings is 1. The summed E-state index contributed by atoms with van der Waals surface area (Å²) in [7, 11) is 5.33. The Kier molecular flexibility index (Phi) is 9.22. The van der Waals surface area contributed by atoms with Crippen molar-refractivity contribution >= 4 is 11.8 Å². The van der Waals surface area contributed by atoms with Crippen LogP contribution in [-0.4, -0.2) is 79.6 Å². The van der Waals surface area contributed by atoms with E-state index in [2.05, 4.69) is 22.2 Å². The van der Waals surface area contributed by atoms with Crippen LogP contribution in [0.15, 0.2) is 36.5 Å². The van der Waals surface area contributed by atoms with Crippen molar-refractivity contribution in [1.29, 1.82) is 0 Å². The number of nitrogens with one attached hydrogen (secondary N) is 1. The smallest absolute Gasteiger partial charge is 0.273 e. The lowest BCUT2D eigenvalue weighted by atomic mass is 10.1. The Morgan fingerprint density at radius 2 is 1.92 bits per heavy atom. The normalized spacial score (nSPS) is 20.1.